The van der Waals surface area contributed by atoms with Crippen LogP contribution in [0.5, 0.6) is 0 Å². The molecule has 1 aromatic heterocycles. The maximum Gasteiger partial charge on any atom is 0.324 e. The van der Waals surface area contributed by atoms with Crippen LogP contribution in [0.3, 0.4) is 0 Å². The Morgan fingerprint density at radius 3 is 2.63 bits per heavy atom. The second-order valence-electron chi connectivity index (χ2n) is 4.92. The topological polar surface area (TPSA) is 89.5 Å². The normalized spacial score (nSPS) is 23.1. The van der Waals surface area contributed by atoms with E-state index in [4.69, 9.17) is 5.73 Å². The molecule has 0 atom stereocenters. The van der Waals surface area contributed by atoms with Crippen LogP contribution >= 0.6 is 11.3 Å². The molecule has 19 heavy (non-hydrogen) atoms. The number of carbonyl (C=O) groups is 1. The Morgan fingerprint density at radius 1 is 1.47 bits per heavy atom. The van der Waals surface area contributed by atoms with Gasteiger partial charge in [-0.05, 0) is 25.7 Å². The summed E-state index contributed by atoms with van der Waals surface area (Å²) in [5.74, 6) is -0.148. The van der Waals surface area contributed by atoms with E-state index in [2.05, 4.69) is 0 Å². The summed E-state index contributed by atoms with van der Waals surface area (Å²) in [6.45, 7) is 0. The molecular weight excluding hydrogens is 266 g/mol. The summed E-state index contributed by atoms with van der Waals surface area (Å²) in [4.78, 5) is 24.1. The monoisotopic (exact) mass is 283 g/mol. The lowest BCUT2D eigenvalue weighted by Gasteiger charge is -2.33. The smallest absolute Gasteiger partial charge is 0.324 e. The van der Waals surface area contributed by atoms with Gasteiger partial charge in [-0.1, -0.05) is 11.3 Å². The largest absolute Gasteiger partial charge is 0.339 e. The van der Waals surface area contributed by atoms with Gasteiger partial charge in [0.15, 0.2) is 0 Å². The summed E-state index contributed by atoms with van der Waals surface area (Å²) >= 11 is 0.984. The molecule has 1 aliphatic rings. The number of hydrogen-bond donors (Lipinski definition) is 1. The number of thiophene rings is 1. The van der Waals surface area contributed by atoms with Crippen LogP contribution in [0.4, 0.5) is 5.00 Å². The third-order valence-corrected chi connectivity index (χ3v) is 4.50. The maximum atomic E-state index is 12.2. The highest BCUT2D eigenvalue weighted by Crippen LogP contribution is 2.26. The zero-order valence-electron chi connectivity index (χ0n) is 10.7. The van der Waals surface area contributed by atoms with Gasteiger partial charge in [-0.3, -0.25) is 14.9 Å². The molecule has 6 nitrogen and oxygen atoms in total. The number of amides is 1. The summed E-state index contributed by atoms with van der Waals surface area (Å²) in [7, 11) is 1.76. The standard InChI is InChI=1S/C12H17N3O3S/c1-14(10-4-2-9(13)3-5-10)12(16)8-6-11(15(17)18)19-7-8/h6-7,9-10H,2-5,13H2,1H3. The highest BCUT2D eigenvalue weighted by molar-refractivity contribution is 7.13. The van der Waals surface area contributed by atoms with Gasteiger partial charge in [0.05, 0.1) is 10.5 Å². The molecule has 1 heterocycles. The Kier molecular flexibility index (Phi) is 4.16. The molecule has 1 fully saturated rings. The van der Waals surface area contributed by atoms with Gasteiger partial charge in [0.2, 0.25) is 0 Å². The van der Waals surface area contributed by atoms with Crippen molar-refractivity contribution in [2.24, 2.45) is 5.73 Å². The van der Waals surface area contributed by atoms with Gasteiger partial charge in [-0.15, -0.1) is 0 Å². The van der Waals surface area contributed by atoms with Gasteiger partial charge in [0, 0.05) is 30.6 Å². The number of nitrogens with two attached hydrogens (primary N) is 1. The first-order chi connectivity index (χ1) is 8.99. The lowest BCUT2D eigenvalue weighted by molar-refractivity contribution is -0.380. The van der Waals surface area contributed by atoms with E-state index >= 15 is 0 Å². The fourth-order valence-corrected chi connectivity index (χ4v) is 3.09. The van der Waals surface area contributed by atoms with E-state index in [1.807, 2.05) is 0 Å². The number of nitrogens with zero attached hydrogens (tertiary/aromatic N) is 2. The molecule has 7 heteroatoms. The lowest BCUT2D eigenvalue weighted by atomic mass is 9.91. The zero-order valence-corrected chi connectivity index (χ0v) is 11.6. The van der Waals surface area contributed by atoms with Gasteiger partial charge >= 0.3 is 5.00 Å². The Hall–Kier alpha value is -1.47. The zero-order chi connectivity index (χ0) is 14.0. The van der Waals surface area contributed by atoms with Crippen LogP contribution in [0.15, 0.2) is 11.4 Å². The molecule has 2 rings (SSSR count). The van der Waals surface area contributed by atoms with Crippen molar-refractivity contribution in [1.82, 2.24) is 4.90 Å². The average Bonchev–Trinajstić information content (AvgIpc) is 2.87. The number of nitro groups is 1. The molecule has 104 valence electrons. The van der Waals surface area contributed by atoms with E-state index in [1.54, 1.807) is 17.3 Å². The molecule has 0 aliphatic heterocycles. The Bertz CT molecular complexity index is 480. The van der Waals surface area contributed by atoms with Gasteiger partial charge in [-0.2, -0.15) is 0 Å². The Balaban J connectivity index is 2.03. The maximum absolute atomic E-state index is 12.2. The summed E-state index contributed by atoms with van der Waals surface area (Å²) < 4.78 is 0. The van der Waals surface area contributed by atoms with Crippen molar-refractivity contribution in [3.05, 3.63) is 27.1 Å². The predicted octanol–water partition coefficient (Wildman–Crippen LogP) is 2.00. The first-order valence-electron chi connectivity index (χ1n) is 6.24. The molecule has 0 unspecified atom stereocenters. The van der Waals surface area contributed by atoms with Crippen molar-refractivity contribution in [3.63, 3.8) is 0 Å². The minimum atomic E-state index is -0.471. The van der Waals surface area contributed by atoms with E-state index in [-0.39, 0.29) is 23.0 Å². The highest BCUT2D eigenvalue weighted by Gasteiger charge is 2.27. The number of carbonyl (C=O) groups excluding carboxylic acids is 1. The predicted molar refractivity (Wildman–Crippen MR) is 73.3 cm³/mol. The van der Waals surface area contributed by atoms with E-state index in [9.17, 15) is 14.9 Å². The second kappa shape index (κ2) is 5.66. The molecule has 0 bridgehead atoms. The average molecular weight is 283 g/mol. The van der Waals surface area contributed by atoms with Crippen molar-refractivity contribution >= 4 is 22.2 Å². The fraction of sp³-hybridized carbons (Fsp3) is 0.583. The molecule has 0 radical (unpaired) electrons. The lowest BCUT2D eigenvalue weighted by Crippen LogP contribution is -2.41. The highest BCUT2D eigenvalue weighted by atomic mass is 32.1. The molecule has 0 aromatic carbocycles. The SMILES string of the molecule is CN(C(=O)c1csc([N+](=O)[O-])c1)C1CCC(N)CC1. The molecular formula is C12H17N3O3S. The van der Waals surface area contributed by atoms with Crippen molar-refractivity contribution in [2.75, 3.05) is 7.05 Å². The summed E-state index contributed by atoms with van der Waals surface area (Å²) in [5.41, 5.74) is 6.24. The summed E-state index contributed by atoms with van der Waals surface area (Å²) in [6, 6.07) is 1.77. The molecule has 1 saturated carbocycles. The van der Waals surface area contributed by atoms with Gasteiger partial charge in [-0.25, -0.2) is 0 Å². The first kappa shape index (κ1) is 14.0. The van der Waals surface area contributed by atoms with Gasteiger partial charge in [0.25, 0.3) is 5.91 Å². The van der Waals surface area contributed by atoms with Crippen molar-refractivity contribution < 1.29 is 9.72 Å². The van der Waals surface area contributed by atoms with Crippen LogP contribution in [0.2, 0.25) is 0 Å². The van der Waals surface area contributed by atoms with Crippen molar-refractivity contribution in [3.8, 4) is 0 Å². The minimum Gasteiger partial charge on any atom is -0.339 e. The summed E-state index contributed by atoms with van der Waals surface area (Å²) in [5, 5.41) is 12.2. The summed E-state index contributed by atoms with van der Waals surface area (Å²) in [6.07, 6.45) is 3.64. The van der Waals surface area contributed by atoms with E-state index in [1.165, 1.54) is 6.07 Å². The number of rotatable bonds is 3. The fourth-order valence-electron chi connectivity index (χ4n) is 2.39. The van der Waals surface area contributed by atoms with Crippen LogP contribution < -0.4 is 5.73 Å². The van der Waals surface area contributed by atoms with E-state index in [0.717, 1.165) is 37.0 Å². The van der Waals surface area contributed by atoms with E-state index in [0.29, 0.717) is 5.56 Å². The molecule has 1 amide bonds. The van der Waals surface area contributed by atoms with E-state index < -0.39 is 4.92 Å². The van der Waals surface area contributed by atoms with Crippen LogP contribution in [0.1, 0.15) is 36.0 Å². The van der Waals surface area contributed by atoms with Crippen LogP contribution in [-0.2, 0) is 0 Å². The minimum absolute atomic E-state index is 0.00224. The van der Waals surface area contributed by atoms with Crippen LogP contribution in [0, 0.1) is 10.1 Å². The molecule has 1 aromatic rings. The van der Waals surface area contributed by atoms with Crippen molar-refractivity contribution in [2.45, 2.75) is 37.8 Å². The first-order valence-corrected chi connectivity index (χ1v) is 7.12. The quantitative estimate of drug-likeness (QED) is 0.678. The third kappa shape index (κ3) is 3.10. The Morgan fingerprint density at radius 2 is 2.11 bits per heavy atom. The molecule has 2 N–H and O–H groups in total. The van der Waals surface area contributed by atoms with Gasteiger partial charge in [0.1, 0.15) is 0 Å². The van der Waals surface area contributed by atoms with Crippen molar-refractivity contribution in [1.29, 1.82) is 0 Å². The Labute approximate surface area is 115 Å². The molecule has 0 spiro atoms. The molecule has 0 saturated heterocycles. The molecule has 1 aliphatic carbocycles. The third-order valence-electron chi connectivity index (χ3n) is 3.62. The van der Waals surface area contributed by atoms with Crippen LogP contribution in [0.25, 0.3) is 0 Å². The number of hydrogen-bond acceptors (Lipinski definition) is 5. The second-order valence-corrected chi connectivity index (χ2v) is 5.81. The van der Waals surface area contributed by atoms with Crippen LogP contribution in [-0.4, -0.2) is 34.9 Å². The van der Waals surface area contributed by atoms with Gasteiger partial charge < -0.3 is 10.6 Å².